The third-order valence-electron chi connectivity index (χ3n) is 5.44. The summed E-state index contributed by atoms with van der Waals surface area (Å²) in [5.74, 6) is 2.24. The Balaban J connectivity index is 2.04. The highest BCUT2D eigenvalue weighted by Crippen LogP contribution is 2.39. The largest absolute Gasteiger partial charge is 0.497 e. The van der Waals surface area contributed by atoms with E-state index >= 15 is 0 Å². The third-order valence-corrected chi connectivity index (χ3v) is 5.44. The molecule has 1 unspecified atom stereocenters. The van der Waals surface area contributed by atoms with E-state index in [-0.39, 0.29) is 17.2 Å². The highest BCUT2D eigenvalue weighted by Gasteiger charge is 2.31. The van der Waals surface area contributed by atoms with Gasteiger partial charge in [-0.2, -0.15) is 4.98 Å². The lowest BCUT2D eigenvalue weighted by Crippen LogP contribution is -2.40. The molecule has 2 aromatic heterocycles. The molecule has 0 saturated carbocycles. The van der Waals surface area contributed by atoms with Crippen LogP contribution in [0.15, 0.2) is 27.8 Å². The Morgan fingerprint density at radius 2 is 1.93 bits per heavy atom. The van der Waals surface area contributed by atoms with E-state index in [2.05, 4.69) is 6.92 Å². The maximum atomic E-state index is 13.1. The van der Waals surface area contributed by atoms with Crippen molar-refractivity contribution in [3.05, 3.63) is 39.0 Å². The minimum absolute atomic E-state index is 0.252. The highest BCUT2D eigenvalue weighted by atomic mass is 16.5. The van der Waals surface area contributed by atoms with Crippen LogP contribution in [0.25, 0.3) is 11.2 Å². The van der Waals surface area contributed by atoms with E-state index in [9.17, 15) is 9.59 Å². The van der Waals surface area contributed by atoms with Gasteiger partial charge in [0.25, 0.3) is 5.56 Å². The zero-order chi connectivity index (χ0) is 20.9. The van der Waals surface area contributed by atoms with Crippen LogP contribution in [0, 0.1) is 5.92 Å². The second kappa shape index (κ2) is 6.98. The van der Waals surface area contributed by atoms with E-state index in [0.29, 0.717) is 48.2 Å². The molecule has 1 atom stereocenters. The van der Waals surface area contributed by atoms with E-state index in [1.807, 2.05) is 27.7 Å². The first kappa shape index (κ1) is 19.1. The molecule has 0 N–H and O–H groups in total. The van der Waals surface area contributed by atoms with Crippen molar-refractivity contribution in [1.29, 1.82) is 0 Å². The van der Waals surface area contributed by atoms with E-state index in [4.69, 9.17) is 14.5 Å². The number of anilines is 2. The first-order chi connectivity index (χ1) is 13.9. The number of ether oxygens (including phenoxy) is 2. The van der Waals surface area contributed by atoms with Gasteiger partial charge in [-0.05, 0) is 25.0 Å². The number of fused-ring (bicyclic) bond motifs is 3. The van der Waals surface area contributed by atoms with Crippen molar-refractivity contribution in [2.24, 2.45) is 13.0 Å². The number of hydrogen-bond acceptors (Lipinski definition) is 6. The molecule has 4 rings (SSSR count). The van der Waals surface area contributed by atoms with Crippen LogP contribution < -0.4 is 25.6 Å². The Hall–Kier alpha value is -3.23. The molecule has 9 heteroatoms. The van der Waals surface area contributed by atoms with Gasteiger partial charge in [0.15, 0.2) is 11.2 Å². The van der Waals surface area contributed by atoms with Crippen LogP contribution in [0.4, 0.5) is 11.6 Å². The molecule has 1 aliphatic rings. The topological polar surface area (TPSA) is 83.5 Å². The Bertz CT molecular complexity index is 1210. The van der Waals surface area contributed by atoms with E-state index in [0.717, 1.165) is 5.69 Å². The predicted molar refractivity (Wildman–Crippen MR) is 111 cm³/mol. The second-order valence-corrected chi connectivity index (χ2v) is 7.34. The molecule has 154 valence electrons. The van der Waals surface area contributed by atoms with Crippen molar-refractivity contribution in [3.63, 3.8) is 0 Å². The first-order valence-corrected chi connectivity index (χ1v) is 9.60. The second-order valence-electron chi connectivity index (χ2n) is 7.34. The quantitative estimate of drug-likeness (QED) is 0.664. The molecule has 1 aliphatic heterocycles. The number of benzene rings is 1. The van der Waals surface area contributed by atoms with Gasteiger partial charge in [0.1, 0.15) is 11.5 Å². The van der Waals surface area contributed by atoms with Gasteiger partial charge in [-0.3, -0.25) is 13.9 Å². The van der Waals surface area contributed by atoms with E-state index in [1.165, 1.54) is 9.13 Å². The Kier molecular flexibility index (Phi) is 4.60. The van der Waals surface area contributed by atoms with Crippen molar-refractivity contribution < 1.29 is 9.47 Å². The van der Waals surface area contributed by atoms with Crippen LogP contribution >= 0.6 is 0 Å². The number of aromatic nitrogens is 4. The van der Waals surface area contributed by atoms with Crippen molar-refractivity contribution in [2.75, 3.05) is 25.7 Å². The van der Waals surface area contributed by atoms with Gasteiger partial charge in [0.2, 0.25) is 5.95 Å². The molecule has 29 heavy (non-hydrogen) atoms. The average Bonchev–Trinajstić information content (AvgIpc) is 3.11. The van der Waals surface area contributed by atoms with Crippen molar-refractivity contribution in [2.45, 2.75) is 26.9 Å². The zero-order valence-electron chi connectivity index (χ0n) is 17.3. The summed E-state index contributed by atoms with van der Waals surface area (Å²) >= 11 is 0. The molecule has 0 fully saturated rings. The molecule has 0 bridgehead atoms. The fraction of sp³-hybridized carbons (Fsp3) is 0.450. The van der Waals surface area contributed by atoms with Crippen molar-refractivity contribution in [3.8, 4) is 11.5 Å². The maximum absolute atomic E-state index is 13.1. The molecule has 9 nitrogen and oxygen atoms in total. The summed E-state index contributed by atoms with van der Waals surface area (Å²) in [6.45, 7) is 5.56. The predicted octanol–water partition coefficient (Wildman–Crippen LogP) is 1.72. The number of methoxy groups -OCH3 is 2. The zero-order valence-corrected chi connectivity index (χ0v) is 17.3. The lowest BCUT2D eigenvalue weighted by atomic mass is 10.1. The molecule has 0 aliphatic carbocycles. The van der Waals surface area contributed by atoms with Crippen LogP contribution in [-0.2, 0) is 20.1 Å². The van der Waals surface area contributed by atoms with E-state index < -0.39 is 0 Å². The molecule has 1 aromatic carbocycles. The number of nitrogens with zero attached hydrogens (tertiary/aromatic N) is 5. The summed E-state index contributed by atoms with van der Waals surface area (Å²) in [6.07, 6.45) is 0. The molecule has 0 spiro atoms. The summed E-state index contributed by atoms with van der Waals surface area (Å²) in [6, 6.07) is 5.58. The standard InChI is InChI=1S/C20H25N5O4/c1-6-23-18(26)16-17(22(3)20(23)27)21-19-24(10-12(2)11-25(16)19)14-9-13(28-4)7-8-15(14)29-5/h7-9,12H,6,10-11H2,1-5H3. The van der Waals surface area contributed by atoms with Crippen LogP contribution in [0.1, 0.15) is 13.8 Å². The fourth-order valence-corrected chi connectivity index (χ4v) is 3.99. The Labute approximate surface area is 167 Å². The van der Waals surface area contributed by atoms with Gasteiger partial charge < -0.3 is 18.9 Å². The maximum Gasteiger partial charge on any atom is 0.332 e. The summed E-state index contributed by atoms with van der Waals surface area (Å²) in [5, 5.41) is 0. The summed E-state index contributed by atoms with van der Waals surface area (Å²) in [4.78, 5) is 32.4. The van der Waals surface area contributed by atoms with Gasteiger partial charge in [0.05, 0.1) is 19.9 Å². The summed E-state index contributed by atoms with van der Waals surface area (Å²) in [7, 11) is 4.88. The van der Waals surface area contributed by atoms with Gasteiger partial charge in [-0.25, -0.2) is 4.79 Å². The number of rotatable bonds is 4. The average molecular weight is 399 g/mol. The van der Waals surface area contributed by atoms with Crippen LogP contribution in [0.5, 0.6) is 11.5 Å². The fourth-order valence-electron chi connectivity index (χ4n) is 3.99. The van der Waals surface area contributed by atoms with Gasteiger partial charge in [-0.1, -0.05) is 6.92 Å². The Morgan fingerprint density at radius 3 is 2.59 bits per heavy atom. The SMILES string of the molecule is CCn1c(=O)c2c(nc3n2CC(C)CN3c2cc(OC)ccc2OC)n(C)c1=O. The first-order valence-electron chi connectivity index (χ1n) is 9.60. The molecule has 0 radical (unpaired) electrons. The highest BCUT2D eigenvalue weighted by molar-refractivity contribution is 5.78. The van der Waals surface area contributed by atoms with Crippen LogP contribution in [0.3, 0.4) is 0 Å². The van der Waals surface area contributed by atoms with Crippen molar-refractivity contribution >= 4 is 22.8 Å². The smallest absolute Gasteiger partial charge is 0.332 e. The Morgan fingerprint density at radius 1 is 1.17 bits per heavy atom. The molecular formula is C20H25N5O4. The lowest BCUT2D eigenvalue weighted by molar-refractivity contribution is 0.399. The third kappa shape index (κ3) is 2.80. The van der Waals surface area contributed by atoms with Crippen LogP contribution in [0.2, 0.25) is 0 Å². The molecule has 3 aromatic rings. The van der Waals surface area contributed by atoms with Crippen molar-refractivity contribution in [1.82, 2.24) is 18.7 Å². The van der Waals surface area contributed by atoms with Gasteiger partial charge >= 0.3 is 5.69 Å². The van der Waals surface area contributed by atoms with Crippen LogP contribution in [-0.4, -0.2) is 39.4 Å². The summed E-state index contributed by atoms with van der Waals surface area (Å²) in [5.41, 5.74) is 0.966. The molecular weight excluding hydrogens is 374 g/mol. The van der Waals surface area contributed by atoms with E-state index in [1.54, 1.807) is 28.2 Å². The molecule has 0 amide bonds. The lowest BCUT2D eigenvalue weighted by Gasteiger charge is -2.33. The minimum atomic E-state index is -0.362. The van der Waals surface area contributed by atoms with Gasteiger partial charge in [-0.15, -0.1) is 0 Å². The molecule has 0 saturated heterocycles. The number of imidazole rings is 1. The summed E-state index contributed by atoms with van der Waals surface area (Å²) < 4.78 is 15.6. The monoisotopic (exact) mass is 399 g/mol. The normalized spacial score (nSPS) is 16.2. The minimum Gasteiger partial charge on any atom is -0.497 e. The molecule has 3 heterocycles. The van der Waals surface area contributed by atoms with Gasteiger partial charge in [0, 0.05) is 32.7 Å². The number of aryl methyl sites for hydroxylation is 1. The number of hydrogen-bond donors (Lipinski definition) is 0.